The van der Waals surface area contributed by atoms with E-state index in [-0.39, 0.29) is 33.9 Å². The van der Waals surface area contributed by atoms with Gasteiger partial charge in [-0.05, 0) is 56.3 Å². The predicted octanol–water partition coefficient (Wildman–Crippen LogP) is 3.75. The van der Waals surface area contributed by atoms with Gasteiger partial charge in [0.1, 0.15) is 18.1 Å². The number of aromatic amines is 1. The molecule has 2 aromatic heterocycles. The fourth-order valence-electron chi connectivity index (χ4n) is 4.75. The van der Waals surface area contributed by atoms with E-state index in [2.05, 4.69) is 15.6 Å². The first kappa shape index (κ1) is 33.2. The molecular weight excluding hydrogens is 604 g/mol. The molecule has 1 atom stereocenters. The molecule has 3 aromatic rings. The van der Waals surface area contributed by atoms with Crippen molar-refractivity contribution in [2.24, 2.45) is 12.2 Å². The number of carbonyl (C=O) groups excluding carboxylic acids is 2. The van der Waals surface area contributed by atoms with Crippen LogP contribution in [-0.2, 0) is 31.3 Å². The van der Waals surface area contributed by atoms with E-state index in [1.165, 1.54) is 30.1 Å². The van der Waals surface area contributed by atoms with Gasteiger partial charge in [0, 0.05) is 49.0 Å². The van der Waals surface area contributed by atoms with E-state index in [0.717, 1.165) is 22.4 Å². The number of nitrogens with zero attached hydrogens (tertiary/aromatic N) is 3. The number of rotatable bonds is 9. The number of hydrogen-bond acceptors (Lipinski definition) is 9. The zero-order chi connectivity index (χ0) is 31.4. The Morgan fingerprint density at radius 2 is 1.95 bits per heavy atom. The summed E-state index contributed by atoms with van der Waals surface area (Å²) in [6.45, 7) is 8.49. The highest BCUT2D eigenvalue weighted by molar-refractivity contribution is 7.90. The van der Waals surface area contributed by atoms with E-state index >= 15 is 0 Å². The minimum Gasteiger partial charge on any atom is -0.395 e. The summed E-state index contributed by atoms with van der Waals surface area (Å²) in [5.74, 6) is -0.566. The Hall–Kier alpha value is -3.26. The maximum Gasteiger partial charge on any atom is 0.277 e. The van der Waals surface area contributed by atoms with Gasteiger partial charge in [0.2, 0.25) is 5.91 Å². The molecular formula is C28H35ClN4O7S2. The number of nitrogens with one attached hydrogen (secondary N) is 1. The number of aromatic nitrogens is 2. The molecule has 0 unspecified atom stereocenters. The highest BCUT2D eigenvalue weighted by atomic mass is 35.5. The molecule has 14 heteroatoms. The molecule has 42 heavy (non-hydrogen) atoms. The van der Waals surface area contributed by atoms with Crippen molar-refractivity contribution in [3.8, 4) is 0 Å². The molecule has 0 spiro atoms. The first-order valence-corrected chi connectivity index (χ1v) is 16.3. The first-order valence-electron chi connectivity index (χ1n) is 13.0. The molecule has 1 N–H and O–H groups in total. The number of thiophene rings is 1. The third-order valence-electron chi connectivity index (χ3n) is 6.74. The molecule has 0 saturated carbocycles. The minimum atomic E-state index is -3.52. The summed E-state index contributed by atoms with van der Waals surface area (Å²) >= 11 is 7.33. The summed E-state index contributed by atoms with van der Waals surface area (Å²) in [4.78, 5) is 44.7. The highest BCUT2D eigenvalue weighted by Gasteiger charge is 2.27. The number of ether oxygens (including phenoxy) is 1. The maximum atomic E-state index is 12.8. The Kier molecular flexibility index (Phi) is 10.9. The van der Waals surface area contributed by atoms with Gasteiger partial charge >= 0.3 is 0 Å². The molecule has 0 radical (unpaired) electrons. The van der Waals surface area contributed by atoms with Crippen LogP contribution in [0.5, 0.6) is 0 Å². The summed E-state index contributed by atoms with van der Waals surface area (Å²) < 4.78 is 30.6. The van der Waals surface area contributed by atoms with Crippen LogP contribution in [0.25, 0.3) is 0 Å². The first-order chi connectivity index (χ1) is 19.7. The van der Waals surface area contributed by atoms with Crippen molar-refractivity contribution in [2.75, 3.05) is 37.4 Å². The molecule has 3 heterocycles. The Balaban J connectivity index is 0.000000250. The van der Waals surface area contributed by atoms with Crippen LogP contribution in [0.3, 0.4) is 0 Å². The smallest absolute Gasteiger partial charge is 0.277 e. The second-order valence-corrected chi connectivity index (χ2v) is 13.2. The second-order valence-electron chi connectivity index (χ2n) is 9.91. The monoisotopic (exact) mass is 638 g/mol. The van der Waals surface area contributed by atoms with Gasteiger partial charge in [0.15, 0.2) is 15.6 Å². The normalized spacial score (nSPS) is 13.6. The van der Waals surface area contributed by atoms with Crippen LogP contribution in [0.2, 0.25) is 0 Å². The Morgan fingerprint density at radius 3 is 2.43 bits per heavy atom. The van der Waals surface area contributed by atoms with E-state index in [4.69, 9.17) is 21.2 Å². The largest absolute Gasteiger partial charge is 0.395 e. The average Bonchev–Trinajstić information content (AvgIpc) is 3.66. The number of methoxy groups -OCH3 is 1. The molecule has 0 aliphatic carbocycles. The molecule has 0 fully saturated rings. The zero-order valence-electron chi connectivity index (χ0n) is 24.6. The van der Waals surface area contributed by atoms with Crippen molar-refractivity contribution in [1.29, 1.82) is 0 Å². The Labute approximate surface area is 254 Å². The van der Waals surface area contributed by atoms with Crippen molar-refractivity contribution < 1.29 is 27.6 Å². The molecule has 228 valence electrons. The van der Waals surface area contributed by atoms with Gasteiger partial charge in [0.05, 0.1) is 28.9 Å². The molecule has 1 aliphatic rings. The number of benzene rings is 1. The number of H-pyrrole nitrogens is 1. The van der Waals surface area contributed by atoms with Gasteiger partial charge in [-0.15, -0.1) is 22.9 Å². The number of halogens is 1. The zero-order valence-corrected chi connectivity index (χ0v) is 27.0. The summed E-state index contributed by atoms with van der Waals surface area (Å²) in [7, 11) is -0.383. The second kappa shape index (κ2) is 13.8. The van der Waals surface area contributed by atoms with Crippen LogP contribution in [0.15, 0.2) is 38.6 Å². The van der Waals surface area contributed by atoms with Crippen LogP contribution in [-0.4, -0.2) is 74.1 Å². The lowest BCUT2D eigenvalue weighted by Crippen LogP contribution is -2.42. The van der Waals surface area contributed by atoms with Gasteiger partial charge in [-0.2, -0.15) is 0 Å². The molecule has 1 amide bonds. The van der Waals surface area contributed by atoms with E-state index in [1.807, 2.05) is 20.8 Å². The fourth-order valence-corrected chi connectivity index (χ4v) is 6.67. The van der Waals surface area contributed by atoms with Crippen LogP contribution in [0, 0.1) is 20.8 Å². The van der Waals surface area contributed by atoms with E-state index in [0.29, 0.717) is 36.5 Å². The van der Waals surface area contributed by atoms with Gasteiger partial charge in [-0.25, -0.2) is 8.42 Å². The van der Waals surface area contributed by atoms with Crippen molar-refractivity contribution >= 4 is 55.9 Å². The fraction of sp³-hybridized carbons (Fsp3) is 0.429. The van der Waals surface area contributed by atoms with Gasteiger partial charge in [0.25, 0.3) is 5.56 Å². The summed E-state index contributed by atoms with van der Waals surface area (Å²) in [5.41, 5.74) is 3.20. The topological polar surface area (TPSA) is 140 Å². The number of hydrogen-bond donors (Lipinski definition) is 1. The molecule has 1 aromatic carbocycles. The SMILES string of the molecule is COC[C@H](C)N(C(=O)CCl)c1c(C)csc1C.Cc1c(C(=O)c2c[nH]n(C)c2=O)ccc(S(C)(=O)=O)c1C1=NOCC1. The van der Waals surface area contributed by atoms with E-state index in [1.54, 1.807) is 30.3 Å². The highest BCUT2D eigenvalue weighted by Crippen LogP contribution is 2.32. The number of ketones is 1. The summed E-state index contributed by atoms with van der Waals surface area (Å²) in [6, 6.07) is 2.79. The summed E-state index contributed by atoms with van der Waals surface area (Å²) in [6.07, 6.45) is 2.89. The number of anilines is 1. The van der Waals surface area contributed by atoms with Gasteiger partial charge in [-0.3, -0.25) is 19.1 Å². The number of carbonyl (C=O) groups is 2. The van der Waals surface area contributed by atoms with Crippen LogP contribution < -0.4 is 10.5 Å². The maximum absolute atomic E-state index is 12.8. The third kappa shape index (κ3) is 7.02. The van der Waals surface area contributed by atoms with Gasteiger partial charge < -0.3 is 19.6 Å². The molecule has 0 bridgehead atoms. The number of sulfone groups is 1. The predicted molar refractivity (Wildman–Crippen MR) is 164 cm³/mol. The standard InChI is InChI=1S/C16H17N3O5S.C12H18ClNO2S/c1-9-10(15(20)11-8-17-19(2)16(11)21)4-5-13(25(3,22)23)14(9)12-6-7-24-18-12;1-8-7-17-10(3)12(8)14(11(15)5-13)9(2)6-16-4/h4-5,8,17H,6-7H2,1-3H3;7,9H,5-6H2,1-4H3/t;9-/m.0/s1. The third-order valence-corrected chi connectivity index (χ3v) is 9.12. The lowest BCUT2D eigenvalue weighted by atomic mass is 9.93. The lowest BCUT2D eigenvalue weighted by Gasteiger charge is -2.29. The van der Waals surface area contributed by atoms with Crippen molar-refractivity contribution in [2.45, 2.75) is 45.1 Å². The average molecular weight is 639 g/mol. The molecule has 4 rings (SSSR count). The quantitative estimate of drug-likeness (QED) is 0.278. The Bertz CT molecular complexity index is 1650. The Morgan fingerprint density at radius 1 is 1.26 bits per heavy atom. The number of oxime groups is 1. The van der Waals surface area contributed by atoms with E-state index in [9.17, 15) is 22.8 Å². The van der Waals surface area contributed by atoms with Crippen molar-refractivity contribution in [3.63, 3.8) is 0 Å². The number of aryl methyl sites for hydroxylation is 3. The number of amides is 1. The number of alkyl halides is 1. The van der Waals surface area contributed by atoms with Crippen LogP contribution >= 0.6 is 22.9 Å². The molecule has 1 aliphatic heterocycles. The lowest BCUT2D eigenvalue weighted by molar-refractivity contribution is -0.116. The van der Waals surface area contributed by atoms with Crippen molar-refractivity contribution in [3.05, 3.63) is 66.8 Å². The minimum absolute atomic E-state index is 0.00623. The van der Waals surface area contributed by atoms with Crippen LogP contribution in [0.4, 0.5) is 5.69 Å². The van der Waals surface area contributed by atoms with Crippen LogP contribution in [0.1, 0.15) is 50.8 Å². The van der Waals surface area contributed by atoms with Gasteiger partial charge in [-0.1, -0.05) is 5.16 Å². The molecule has 11 nitrogen and oxygen atoms in total. The molecule has 0 saturated heterocycles. The van der Waals surface area contributed by atoms with Crippen molar-refractivity contribution in [1.82, 2.24) is 9.78 Å². The summed E-state index contributed by atoms with van der Waals surface area (Å²) in [5, 5.41) is 8.62. The van der Waals surface area contributed by atoms with E-state index < -0.39 is 21.2 Å².